The summed E-state index contributed by atoms with van der Waals surface area (Å²) in [6.45, 7) is 2.22. The molecule has 5 unspecified atom stereocenters. The van der Waals surface area contributed by atoms with Crippen LogP contribution in [0.1, 0.15) is 58.3 Å². The van der Waals surface area contributed by atoms with Crippen molar-refractivity contribution in [3.05, 3.63) is 23.8 Å². The Kier molecular flexibility index (Phi) is 5.18. The molecule has 3 nitrogen and oxygen atoms in total. The number of aliphatic hydroxyl groups is 2. The third-order valence-corrected chi connectivity index (χ3v) is 7.10. The first-order chi connectivity index (χ1) is 11.8. The normalized spacial score (nSPS) is 48.2. The molecule has 0 radical (unpaired) electrons. The Bertz CT molecular complexity index is 562. The van der Waals surface area contributed by atoms with Gasteiger partial charge in [0.25, 0.3) is 0 Å². The summed E-state index contributed by atoms with van der Waals surface area (Å²) in [5.41, 5.74) is -1.24. The molecule has 4 aliphatic rings. The number of hydrogen-bond donors (Lipinski definition) is 3. The van der Waals surface area contributed by atoms with Crippen molar-refractivity contribution in [1.82, 2.24) is 5.32 Å². The number of rotatable bonds is 0. The van der Waals surface area contributed by atoms with Gasteiger partial charge in [-0.2, -0.15) is 0 Å². The van der Waals surface area contributed by atoms with E-state index in [-0.39, 0.29) is 23.7 Å². The fraction of sp³-hybridized carbons (Fsp3) is 0.810. The van der Waals surface area contributed by atoms with E-state index < -0.39 is 17.4 Å². The molecule has 6 atom stereocenters. The average molecular weight is 352 g/mol. The highest BCUT2D eigenvalue weighted by Crippen LogP contribution is 2.59. The molecule has 0 aromatic heterocycles. The summed E-state index contributed by atoms with van der Waals surface area (Å²) >= 11 is 0. The summed E-state index contributed by atoms with van der Waals surface area (Å²) < 4.78 is 15.6. The minimum Gasteiger partial charge on any atom is -0.393 e. The second-order valence-electron chi connectivity index (χ2n) is 8.94. The van der Waals surface area contributed by atoms with Crippen molar-refractivity contribution in [2.45, 2.75) is 75.7 Å². The number of nitrogens with one attached hydrogen (secondary N) is 1. The summed E-state index contributed by atoms with van der Waals surface area (Å²) in [6.07, 6.45) is 11.2. The lowest BCUT2D eigenvalue weighted by atomic mass is 9.60. The van der Waals surface area contributed by atoms with E-state index in [1.807, 2.05) is 14.1 Å². The average Bonchev–Trinajstić information content (AvgIpc) is 2.89. The van der Waals surface area contributed by atoms with Crippen LogP contribution in [0, 0.1) is 17.3 Å². The largest absolute Gasteiger partial charge is 0.393 e. The van der Waals surface area contributed by atoms with Crippen LogP contribution in [-0.4, -0.2) is 41.7 Å². The Labute approximate surface area is 151 Å². The zero-order valence-corrected chi connectivity index (χ0v) is 15.9. The van der Waals surface area contributed by atoms with Gasteiger partial charge in [0.1, 0.15) is 5.67 Å². The van der Waals surface area contributed by atoms with Gasteiger partial charge >= 0.3 is 0 Å². The molecule has 4 heteroatoms. The molecular weight excluding hydrogens is 317 g/mol. The van der Waals surface area contributed by atoms with E-state index in [2.05, 4.69) is 30.5 Å². The zero-order valence-electron chi connectivity index (χ0n) is 15.9. The number of hydrogen-bond acceptors (Lipinski definition) is 3. The lowest BCUT2D eigenvalue weighted by molar-refractivity contribution is -0.0382. The summed E-state index contributed by atoms with van der Waals surface area (Å²) in [4.78, 5) is 0. The van der Waals surface area contributed by atoms with E-state index in [9.17, 15) is 10.2 Å². The zero-order chi connectivity index (χ0) is 18.3. The maximum Gasteiger partial charge on any atom is 0.120 e. The van der Waals surface area contributed by atoms with E-state index >= 15 is 4.39 Å². The van der Waals surface area contributed by atoms with Gasteiger partial charge in [-0.05, 0) is 69.5 Å². The highest BCUT2D eigenvalue weighted by molar-refractivity contribution is 5.33. The standard InChI is InChI=1S/C19H27FO2.C2H7N/c1-17-8-2-3-16(17)19(22)10-7-13-4-5-15(21)12-18(13,20)11-14(19)6-9-17;1-3-2/h2,6,8,13,15-16,21-22H,3-5,7,9-12H2,1H3;3H,1-2H3/t13?,15?,16?,17?,18?,19-;/m1./s1. The minimum absolute atomic E-state index is 0.00737. The van der Waals surface area contributed by atoms with E-state index in [4.69, 9.17) is 0 Å². The SMILES string of the molecule is CC12C=CCC1[C@@]1(O)CCC3CCC(O)CC3(F)CC1=CC2.CNC. The van der Waals surface area contributed by atoms with E-state index in [1.165, 1.54) is 0 Å². The molecule has 3 N–H and O–H groups in total. The highest BCUT2D eigenvalue weighted by atomic mass is 19.1. The summed E-state index contributed by atoms with van der Waals surface area (Å²) in [7, 11) is 3.75. The topological polar surface area (TPSA) is 52.5 Å². The second-order valence-corrected chi connectivity index (χ2v) is 8.94. The summed E-state index contributed by atoms with van der Waals surface area (Å²) in [6, 6.07) is 0. The number of fused-ring (bicyclic) bond motifs is 4. The molecule has 0 spiro atoms. The number of halogens is 1. The first-order valence-corrected chi connectivity index (χ1v) is 9.82. The van der Waals surface area contributed by atoms with Crippen LogP contribution >= 0.6 is 0 Å². The van der Waals surface area contributed by atoms with Crippen LogP contribution in [0.4, 0.5) is 4.39 Å². The molecule has 4 aliphatic carbocycles. The molecule has 0 heterocycles. The van der Waals surface area contributed by atoms with Gasteiger partial charge in [0.2, 0.25) is 0 Å². The molecule has 2 saturated carbocycles. The smallest absolute Gasteiger partial charge is 0.120 e. The quantitative estimate of drug-likeness (QED) is 0.585. The lowest BCUT2D eigenvalue weighted by Crippen LogP contribution is -2.48. The van der Waals surface area contributed by atoms with Crippen molar-refractivity contribution in [3.8, 4) is 0 Å². The van der Waals surface area contributed by atoms with E-state index in [1.54, 1.807) is 0 Å². The lowest BCUT2D eigenvalue weighted by Gasteiger charge is -2.48. The second kappa shape index (κ2) is 6.79. The van der Waals surface area contributed by atoms with Gasteiger partial charge in [-0.25, -0.2) is 4.39 Å². The predicted molar refractivity (Wildman–Crippen MR) is 99.0 cm³/mol. The van der Waals surface area contributed by atoms with Gasteiger partial charge in [-0.15, -0.1) is 0 Å². The highest BCUT2D eigenvalue weighted by Gasteiger charge is 2.57. The van der Waals surface area contributed by atoms with Gasteiger partial charge in [0.15, 0.2) is 0 Å². The molecular formula is C21H34FNO2. The third kappa shape index (κ3) is 3.22. The number of allylic oxidation sites excluding steroid dienone is 3. The van der Waals surface area contributed by atoms with Crippen LogP contribution < -0.4 is 5.32 Å². The van der Waals surface area contributed by atoms with Crippen molar-refractivity contribution < 1.29 is 14.6 Å². The van der Waals surface area contributed by atoms with Gasteiger partial charge in [-0.1, -0.05) is 25.2 Å². The maximum atomic E-state index is 15.6. The number of alkyl halides is 1. The van der Waals surface area contributed by atoms with Crippen molar-refractivity contribution in [2.24, 2.45) is 17.3 Å². The van der Waals surface area contributed by atoms with Crippen LogP contribution in [0.5, 0.6) is 0 Å². The Morgan fingerprint density at radius 3 is 2.68 bits per heavy atom. The Balaban J connectivity index is 0.000000569. The number of aliphatic hydroxyl groups excluding tert-OH is 1. The first-order valence-electron chi connectivity index (χ1n) is 9.82. The molecule has 0 aromatic carbocycles. The Hall–Kier alpha value is -0.710. The monoisotopic (exact) mass is 351 g/mol. The molecule has 0 aliphatic heterocycles. The molecule has 4 rings (SSSR count). The fourth-order valence-electron chi connectivity index (χ4n) is 5.76. The van der Waals surface area contributed by atoms with Crippen LogP contribution in [0.3, 0.4) is 0 Å². The van der Waals surface area contributed by atoms with Gasteiger partial charge < -0.3 is 15.5 Å². The van der Waals surface area contributed by atoms with Gasteiger partial charge in [0.05, 0.1) is 11.7 Å². The molecule has 0 saturated heterocycles. The van der Waals surface area contributed by atoms with Crippen molar-refractivity contribution in [2.75, 3.05) is 14.1 Å². The fourth-order valence-corrected chi connectivity index (χ4v) is 5.76. The van der Waals surface area contributed by atoms with E-state index in [0.717, 1.165) is 31.3 Å². The maximum absolute atomic E-state index is 15.6. The van der Waals surface area contributed by atoms with Crippen LogP contribution in [0.2, 0.25) is 0 Å². The summed E-state index contributed by atoms with van der Waals surface area (Å²) in [5, 5.41) is 24.2. The summed E-state index contributed by atoms with van der Waals surface area (Å²) in [5.74, 6) is 0.181. The van der Waals surface area contributed by atoms with Crippen molar-refractivity contribution >= 4 is 0 Å². The van der Waals surface area contributed by atoms with Crippen LogP contribution in [0.15, 0.2) is 23.8 Å². The van der Waals surface area contributed by atoms with Gasteiger partial charge in [-0.3, -0.25) is 0 Å². The predicted octanol–water partition coefficient (Wildman–Crippen LogP) is 3.52. The molecule has 0 amide bonds. The first kappa shape index (κ1) is 19.1. The van der Waals surface area contributed by atoms with Crippen LogP contribution in [-0.2, 0) is 0 Å². The van der Waals surface area contributed by atoms with E-state index in [0.29, 0.717) is 19.3 Å². The van der Waals surface area contributed by atoms with Gasteiger partial charge in [0, 0.05) is 18.8 Å². The molecule has 25 heavy (non-hydrogen) atoms. The van der Waals surface area contributed by atoms with Crippen molar-refractivity contribution in [3.63, 3.8) is 0 Å². The van der Waals surface area contributed by atoms with Crippen molar-refractivity contribution in [1.29, 1.82) is 0 Å². The molecule has 142 valence electrons. The molecule has 0 bridgehead atoms. The minimum atomic E-state index is -1.33. The third-order valence-electron chi connectivity index (χ3n) is 7.10. The molecule has 2 fully saturated rings. The Morgan fingerprint density at radius 2 is 1.96 bits per heavy atom. The van der Waals surface area contributed by atoms with Crippen LogP contribution in [0.25, 0.3) is 0 Å². The molecule has 0 aromatic rings. The Morgan fingerprint density at radius 1 is 1.24 bits per heavy atom.